The van der Waals surface area contributed by atoms with E-state index in [4.69, 9.17) is 11.6 Å². The summed E-state index contributed by atoms with van der Waals surface area (Å²) >= 11 is 9.47. The van der Waals surface area contributed by atoms with Gasteiger partial charge in [-0.3, -0.25) is 0 Å². The van der Waals surface area contributed by atoms with Gasteiger partial charge in [0, 0.05) is 10.8 Å². The van der Waals surface area contributed by atoms with E-state index in [1.54, 1.807) is 23.1 Å². The van der Waals surface area contributed by atoms with Gasteiger partial charge in [0.05, 0.1) is 4.88 Å². The number of thiophene rings is 1. The molecule has 2 aromatic rings. The second kappa shape index (κ2) is 6.12. The number of halogens is 1. The average molecular weight is 321 g/mol. The summed E-state index contributed by atoms with van der Waals surface area (Å²) in [4.78, 5) is 1.19. The molecule has 2 nitrogen and oxygen atoms in total. The van der Waals surface area contributed by atoms with E-state index in [2.05, 4.69) is 34.0 Å². The van der Waals surface area contributed by atoms with E-state index in [-0.39, 0.29) is 6.04 Å². The van der Waals surface area contributed by atoms with Gasteiger partial charge in [-0.2, -0.15) is 22.0 Å². The van der Waals surface area contributed by atoms with Crippen molar-refractivity contribution in [1.82, 2.24) is 0 Å². The van der Waals surface area contributed by atoms with Crippen molar-refractivity contribution in [3.63, 3.8) is 0 Å². The summed E-state index contributed by atoms with van der Waals surface area (Å²) in [6.45, 7) is 0. The van der Waals surface area contributed by atoms with Crippen LogP contribution in [-0.4, -0.2) is 12.0 Å². The van der Waals surface area contributed by atoms with Gasteiger partial charge in [0.25, 0.3) is 0 Å². The highest BCUT2D eigenvalue weighted by molar-refractivity contribution is 7.98. The smallest absolute Gasteiger partial charge is 0.121 e. The zero-order chi connectivity index (χ0) is 13.9. The van der Waals surface area contributed by atoms with Crippen LogP contribution in [0.15, 0.2) is 57.6 Å². The summed E-state index contributed by atoms with van der Waals surface area (Å²) in [6, 6.07) is 12.1. The molecule has 1 atom stereocenters. The summed E-state index contributed by atoms with van der Waals surface area (Å²) in [5.74, 6) is 0.938. The Morgan fingerprint density at radius 3 is 2.70 bits per heavy atom. The van der Waals surface area contributed by atoms with Crippen molar-refractivity contribution < 1.29 is 0 Å². The third kappa shape index (κ3) is 2.68. The molecule has 0 bridgehead atoms. The Morgan fingerprint density at radius 1 is 1.25 bits per heavy atom. The summed E-state index contributed by atoms with van der Waals surface area (Å²) in [5, 5.41) is 11.7. The maximum absolute atomic E-state index is 5.96. The summed E-state index contributed by atoms with van der Waals surface area (Å²) in [5.41, 5.74) is 3.46. The molecule has 1 aromatic heterocycles. The molecule has 1 aliphatic heterocycles. The maximum Gasteiger partial charge on any atom is 0.121 e. The number of rotatable bonds is 4. The van der Waals surface area contributed by atoms with Gasteiger partial charge >= 0.3 is 0 Å². The first-order chi connectivity index (χ1) is 9.79. The van der Waals surface area contributed by atoms with Gasteiger partial charge in [-0.05, 0) is 41.0 Å². The molecule has 0 N–H and O–H groups in total. The van der Waals surface area contributed by atoms with Crippen molar-refractivity contribution in [1.29, 1.82) is 0 Å². The Labute approximate surface area is 131 Å². The number of thioether (sulfide) groups is 1. The quantitative estimate of drug-likeness (QED) is 0.711. The van der Waals surface area contributed by atoms with E-state index >= 15 is 0 Å². The van der Waals surface area contributed by atoms with Crippen LogP contribution in [0, 0.1) is 0 Å². The number of hydrogen-bond acceptors (Lipinski definition) is 4. The minimum atomic E-state index is 0.0248. The number of hydrogen-bond donors (Lipinski definition) is 0. The number of nitrogens with zero attached hydrogens (tertiary/aromatic N) is 2. The highest BCUT2D eigenvalue weighted by atomic mass is 35.5. The molecular formula is C15H13ClN2S2. The van der Waals surface area contributed by atoms with Gasteiger partial charge in [-0.25, -0.2) is 0 Å². The van der Waals surface area contributed by atoms with Gasteiger partial charge in [0.2, 0.25) is 0 Å². The van der Waals surface area contributed by atoms with Gasteiger partial charge in [0.1, 0.15) is 11.7 Å². The van der Waals surface area contributed by atoms with E-state index < -0.39 is 0 Å². The molecule has 0 saturated heterocycles. The molecule has 1 aliphatic rings. The van der Waals surface area contributed by atoms with E-state index in [1.165, 1.54) is 10.5 Å². The Balaban J connectivity index is 2.00. The minimum Gasteiger partial charge on any atom is -0.176 e. The molecule has 0 saturated carbocycles. The van der Waals surface area contributed by atoms with Gasteiger partial charge < -0.3 is 0 Å². The molecule has 1 aromatic carbocycles. The zero-order valence-electron chi connectivity index (χ0n) is 10.9. The Bertz CT molecular complexity index is 645. The predicted molar refractivity (Wildman–Crippen MR) is 88.7 cm³/mol. The second-order valence-corrected chi connectivity index (χ2v) is 6.70. The summed E-state index contributed by atoms with van der Waals surface area (Å²) in [6.07, 6.45) is 2.11. The zero-order valence-corrected chi connectivity index (χ0v) is 13.3. The van der Waals surface area contributed by atoms with Gasteiger partial charge in [-0.15, -0.1) is 11.3 Å². The van der Waals surface area contributed by atoms with Crippen LogP contribution in [0.4, 0.5) is 0 Å². The lowest BCUT2D eigenvalue weighted by molar-refractivity contribution is 0.839. The number of azo groups is 1. The fraction of sp³-hybridized carbons (Fsp3) is 0.200. The van der Waals surface area contributed by atoms with Crippen molar-refractivity contribution in [2.75, 3.05) is 12.0 Å². The molecule has 5 heteroatoms. The largest absolute Gasteiger partial charge is 0.176 e. The standard InChI is InChI=1S/C15H13ClN2S2/c1-19-9-12-14(10-4-6-11(16)7-5-10)17-18-15(12)13-3-2-8-20-13/h2-8,14H,9H2,1H3. The SMILES string of the molecule is CSCC1=C(c2cccs2)N=NC1c1ccc(Cl)cc1. The van der Waals surface area contributed by atoms with Crippen LogP contribution >= 0.6 is 34.7 Å². The molecule has 0 aliphatic carbocycles. The van der Waals surface area contributed by atoms with Crippen LogP contribution in [0.5, 0.6) is 0 Å². The van der Waals surface area contributed by atoms with Crippen molar-refractivity contribution in [2.45, 2.75) is 6.04 Å². The fourth-order valence-electron chi connectivity index (χ4n) is 2.22. The molecular weight excluding hydrogens is 308 g/mol. The van der Waals surface area contributed by atoms with Crippen molar-refractivity contribution in [2.24, 2.45) is 10.2 Å². The Morgan fingerprint density at radius 2 is 2.05 bits per heavy atom. The first-order valence-corrected chi connectivity index (χ1v) is 8.87. The first-order valence-electron chi connectivity index (χ1n) is 6.22. The van der Waals surface area contributed by atoms with Crippen molar-refractivity contribution in [3.05, 3.63) is 62.8 Å². The Hall–Kier alpha value is -1.10. The van der Waals surface area contributed by atoms with E-state index in [0.717, 1.165) is 22.0 Å². The van der Waals surface area contributed by atoms with Crippen LogP contribution in [0.25, 0.3) is 5.70 Å². The summed E-state index contributed by atoms with van der Waals surface area (Å²) < 4.78 is 0. The second-order valence-electron chi connectivity index (χ2n) is 4.45. The first kappa shape index (κ1) is 13.9. The average Bonchev–Trinajstić information content (AvgIpc) is 3.09. The normalized spacial score (nSPS) is 18.0. The molecule has 102 valence electrons. The lowest BCUT2D eigenvalue weighted by Crippen LogP contribution is -2.00. The van der Waals surface area contributed by atoms with E-state index in [1.807, 2.05) is 24.3 Å². The molecule has 3 rings (SSSR count). The van der Waals surface area contributed by atoms with E-state index in [9.17, 15) is 0 Å². The van der Waals surface area contributed by atoms with E-state index in [0.29, 0.717) is 0 Å². The molecule has 1 unspecified atom stereocenters. The van der Waals surface area contributed by atoms with Crippen molar-refractivity contribution in [3.8, 4) is 0 Å². The molecule has 0 spiro atoms. The van der Waals surface area contributed by atoms with Crippen molar-refractivity contribution >= 4 is 40.4 Å². The maximum atomic E-state index is 5.96. The Kier molecular flexibility index (Phi) is 4.24. The van der Waals surface area contributed by atoms with Crippen LogP contribution in [0.2, 0.25) is 5.02 Å². The molecule has 20 heavy (non-hydrogen) atoms. The lowest BCUT2D eigenvalue weighted by Gasteiger charge is -2.12. The third-order valence-electron chi connectivity index (χ3n) is 3.15. The van der Waals surface area contributed by atoms with Crippen LogP contribution in [0.3, 0.4) is 0 Å². The summed E-state index contributed by atoms with van der Waals surface area (Å²) in [7, 11) is 0. The topological polar surface area (TPSA) is 24.7 Å². The molecule has 0 fully saturated rings. The van der Waals surface area contributed by atoms with Gasteiger partial charge in [0.15, 0.2) is 0 Å². The fourth-order valence-corrected chi connectivity index (χ4v) is 3.69. The predicted octanol–water partition coefficient (Wildman–Crippen LogP) is 5.68. The molecule has 0 radical (unpaired) electrons. The van der Waals surface area contributed by atoms with Crippen LogP contribution < -0.4 is 0 Å². The minimum absolute atomic E-state index is 0.0248. The lowest BCUT2D eigenvalue weighted by atomic mass is 9.99. The molecule has 2 heterocycles. The van der Waals surface area contributed by atoms with Crippen LogP contribution in [-0.2, 0) is 0 Å². The highest BCUT2D eigenvalue weighted by Crippen LogP contribution is 2.41. The third-order valence-corrected chi connectivity index (χ3v) is 4.88. The van der Waals surface area contributed by atoms with Gasteiger partial charge in [-0.1, -0.05) is 29.8 Å². The highest BCUT2D eigenvalue weighted by Gasteiger charge is 2.26. The van der Waals surface area contributed by atoms with Crippen LogP contribution in [0.1, 0.15) is 16.5 Å². The monoisotopic (exact) mass is 320 g/mol. The number of benzene rings is 1. The molecule has 0 amide bonds.